The number of nitrogens with zero attached hydrogens (tertiary/aromatic N) is 4. The molecule has 7 heteroatoms. The third-order valence-electron chi connectivity index (χ3n) is 3.24. The van der Waals surface area contributed by atoms with Crippen molar-refractivity contribution in [1.29, 1.82) is 0 Å². The molecule has 120 valence electrons. The van der Waals surface area contributed by atoms with Crippen molar-refractivity contribution in [3.8, 4) is 5.69 Å². The number of pyridine rings is 1. The molecule has 0 unspecified atom stereocenters. The molecule has 1 aromatic carbocycles. The fraction of sp³-hybridized carbons (Fsp3) is 0.0588. The first-order valence-corrected chi connectivity index (χ1v) is 7.30. The van der Waals surface area contributed by atoms with E-state index in [2.05, 4.69) is 15.6 Å². The van der Waals surface area contributed by atoms with E-state index in [-0.39, 0.29) is 18.0 Å². The van der Waals surface area contributed by atoms with E-state index in [4.69, 9.17) is 0 Å². The smallest absolute Gasteiger partial charge is 0.260 e. The summed E-state index contributed by atoms with van der Waals surface area (Å²) in [6, 6.07) is 14.4. The highest BCUT2D eigenvalue weighted by Crippen LogP contribution is 2.06. The van der Waals surface area contributed by atoms with Gasteiger partial charge in [-0.1, -0.05) is 24.3 Å². The maximum absolute atomic E-state index is 11.8. The summed E-state index contributed by atoms with van der Waals surface area (Å²) in [4.78, 5) is 23.3. The maximum Gasteiger partial charge on any atom is 0.260 e. The summed E-state index contributed by atoms with van der Waals surface area (Å²) >= 11 is 0. The third kappa shape index (κ3) is 3.83. The van der Waals surface area contributed by atoms with Crippen LogP contribution < -0.4 is 11.0 Å². The van der Waals surface area contributed by atoms with Gasteiger partial charge in [0, 0.05) is 24.0 Å². The summed E-state index contributed by atoms with van der Waals surface area (Å²) < 4.78 is 3.02. The molecule has 0 atom stereocenters. The Morgan fingerprint density at radius 1 is 1.17 bits per heavy atom. The minimum absolute atomic E-state index is 0.0830. The highest BCUT2D eigenvalue weighted by Gasteiger charge is 2.02. The fourth-order valence-electron chi connectivity index (χ4n) is 2.09. The molecule has 0 saturated carbocycles. The standard InChI is InChI=1S/C17H15N5O2/c23-16(13-21-9-5-4-8-17(21)24)20-18-10-14-11-19-22(12-14)15-6-2-1-3-7-15/h1-12H,13H2,(H,20,23)/b18-10-. The van der Waals surface area contributed by atoms with Gasteiger partial charge in [0.15, 0.2) is 0 Å². The Morgan fingerprint density at radius 3 is 2.75 bits per heavy atom. The Labute approximate surface area is 137 Å². The van der Waals surface area contributed by atoms with E-state index in [9.17, 15) is 9.59 Å². The van der Waals surface area contributed by atoms with Crippen molar-refractivity contribution in [3.63, 3.8) is 0 Å². The van der Waals surface area contributed by atoms with E-state index >= 15 is 0 Å². The maximum atomic E-state index is 11.8. The van der Waals surface area contributed by atoms with Gasteiger partial charge in [0.25, 0.3) is 11.5 Å². The zero-order valence-electron chi connectivity index (χ0n) is 12.7. The number of benzene rings is 1. The Bertz CT molecular complexity index is 912. The fourth-order valence-corrected chi connectivity index (χ4v) is 2.09. The molecule has 0 fully saturated rings. The van der Waals surface area contributed by atoms with Crippen LogP contribution in [0.3, 0.4) is 0 Å². The zero-order chi connectivity index (χ0) is 16.8. The first-order chi connectivity index (χ1) is 11.7. The summed E-state index contributed by atoms with van der Waals surface area (Å²) in [6.45, 7) is -0.0830. The molecule has 1 N–H and O–H groups in total. The number of hydrazone groups is 1. The molecule has 0 aliphatic heterocycles. The second-order valence-electron chi connectivity index (χ2n) is 5.01. The number of para-hydroxylation sites is 1. The normalized spacial score (nSPS) is 10.8. The van der Waals surface area contributed by atoms with Gasteiger partial charge in [0.2, 0.25) is 0 Å². The van der Waals surface area contributed by atoms with Crippen LogP contribution in [-0.4, -0.2) is 26.5 Å². The minimum atomic E-state index is -0.380. The first kappa shape index (κ1) is 15.4. The molecule has 24 heavy (non-hydrogen) atoms. The topological polar surface area (TPSA) is 81.3 Å². The molecular weight excluding hydrogens is 306 g/mol. The summed E-state index contributed by atoms with van der Waals surface area (Å²) in [6.07, 6.45) is 6.49. The van der Waals surface area contributed by atoms with Gasteiger partial charge >= 0.3 is 0 Å². The second-order valence-corrected chi connectivity index (χ2v) is 5.01. The van der Waals surface area contributed by atoms with E-state index in [1.54, 1.807) is 35.4 Å². The number of carbonyl (C=O) groups excluding carboxylic acids is 1. The number of hydrogen-bond donors (Lipinski definition) is 1. The van der Waals surface area contributed by atoms with Crippen LogP contribution in [-0.2, 0) is 11.3 Å². The molecule has 0 aliphatic carbocycles. The van der Waals surface area contributed by atoms with Crippen molar-refractivity contribution >= 4 is 12.1 Å². The molecule has 0 radical (unpaired) electrons. The molecule has 0 spiro atoms. The number of carbonyl (C=O) groups is 1. The molecule has 3 rings (SSSR count). The van der Waals surface area contributed by atoms with Crippen molar-refractivity contribution in [3.05, 3.63) is 83.0 Å². The van der Waals surface area contributed by atoms with Crippen molar-refractivity contribution in [2.45, 2.75) is 6.54 Å². The van der Waals surface area contributed by atoms with Gasteiger partial charge in [-0.15, -0.1) is 0 Å². The van der Waals surface area contributed by atoms with Gasteiger partial charge in [-0.2, -0.15) is 10.2 Å². The van der Waals surface area contributed by atoms with Crippen LogP contribution in [0.25, 0.3) is 5.69 Å². The van der Waals surface area contributed by atoms with Crippen molar-refractivity contribution < 1.29 is 4.79 Å². The van der Waals surface area contributed by atoms with Crippen LogP contribution in [0.5, 0.6) is 0 Å². The number of amides is 1. The minimum Gasteiger partial charge on any atom is -0.306 e. The number of rotatable bonds is 5. The van der Waals surface area contributed by atoms with E-state index in [1.807, 2.05) is 30.3 Å². The van der Waals surface area contributed by atoms with Crippen LogP contribution in [0.15, 0.2) is 77.0 Å². The van der Waals surface area contributed by atoms with Gasteiger partial charge < -0.3 is 4.57 Å². The van der Waals surface area contributed by atoms with E-state index in [0.717, 1.165) is 11.3 Å². The highest BCUT2D eigenvalue weighted by atomic mass is 16.2. The highest BCUT2D eigenvalue weighted by molar-refractivity contribution is 5.81. The summed E-state index contributed by atoms with van der Waals surface area (Å²) in [5.74, 6) is -0.380. The van der Waals surface area contributed by atoms with E-state index in [1.165, 1.54) is 16.8 Å². The number of aromatic nitrogens is 3. The van der Waals surface area contributed by atoms with Crippen LogP contribution in [0.2, 0.25) is 0 Å². The molecule has 0 aliphatic rings. The Hall–Kier alpha value is -3.48. The quantitative estimate of drug-likeness (QED) is 0.566. The van der Waals surface area contributed by atoms with Crippen LogP contribution in [0, 0.1) is 0 Å². The Balaban J connectivity index is 1.59. The van der Waals surface area contributed by atoms with Crippen LogP contribution in [0.1, 0.15) is 5.56 Å². The Morgan fingerprint density at radius 2 is 1.96 bits per heavy atom. The van der Waals surface area contributed by atoms with Gasteiger partial charge in [0.05, 0.1) is 18.1 Å². The average Bonchev–Trinajstić information content (AvgIpc) is 3.07. The molecule has 0 bridgehead atoms. The van der Waals surface area contributed by atoms with Gasteiger partial charge in [0.1, 0.15) is 6.54 Å². The molecule has 0 saturated heterocycles. The summed E-state index contributed by atoms with van der Waals surface area (Å²) in [5.41, 5.74) is 3.84. The molecule has 7 nitrogen and oxygen atoms in total. The lowest BCUT2D eigenvalue weighted by Crippen LogP contribution is -2.28. The molecule has 2 heterocycles. The zero-order valence-corrected chi connectivity index (χ0v) is 12.7. The molecular formula is C17H15N5O2. The largest absolute Gasteiger partial charge is 0.306 e. The average molecular weight is 321 g/mol. The number of nitrogens with one attached hydrogen (secondary N) is 1. The van der Waals surface area contributed by atoms with Crippen LogP contribution >= 0.6 is 0 Å². The van der Waals surface area contributed by atoms with Gasteiger partial charge in [-0.05, 0) is 18.2 Å². The van der Waals surface area contributed by atoms with Gasteiger partial charge in [-0.25, -0.2) is 10.1 Å². The molecule has 1 amide bonds. The van der Waals surface area contributed by atoms with E-state index in [0.29, 0.717) is 0 Å². The van der Waals surface area contributed by atoms with E-state index < -0.39 is 0 Å². The lowest BCUT2D eigenvalue weighted by Gasteiger charge is -2.02. The SMILES string of the molecule is O=C(Cn1ccccc1=O)N/N=C\c1cnn(-c2ccccc2)c1. The first-order valence-electron chi connectivity index (χ1n) is 7.30. The summed E-state index contributed by atoms with van der Waals surface area (Å²) in [5, 5.41) is 8.11. The Kier molecular flexibility index (Phi) is 4.62. The molecule has 2 aromatic heterocycles. The van der Waals surface area contributed by atoms with Gasteiger partial charge in [-0.3, -0.25) is 9.59 Å². The van der Waals surface area contributed by atoms with Crippen molar-refractivity contribution in [2.24, 2.45) is 5.10 Å². The van der Waals surface area contributed by atoms with Crippen LogP contribution in [0.4, 0.5) is 0 Å². The lowest BCUT2D eigenvalue weighted by molar-refractivity contribution is -0.121. The lowest BCUT2D eigenvalue weighted by atomic mass is 10.3. The van der Waals surface area contributed by atoms with Crippen molar-refractivity contribution in [1.82, 2.24) is 19.8 Å². The number of hydrogen-bond acceptors (Lipinski definition) is 4. The monoisotopic (exact) mass is 321 g/mol. The second kappa shape index (κ2) is 7.19. The predicted molar refractivity (Wildman–Crippen MR) is 90.0 cm³/mol. The molecule has 3 aromatic rings. The third-order valence-corrected chi connectivity index (χ3v) is 3.24. The van der Waals surface area contributed by atoms with Crippen molar-refractivity contribution in [2.75, 3.05) is 0 Å². The predicted octanol–water partition coefficient (Wildman–Crippen LogP) is 1.18. The summed E-state index contributed by atoms with van der Waals surface area (Å²) in [7, 11) is 0.